The molecule has 1 aliphatic rings. The number of hydrogen-bond donors (Lipinski definition) is 3. The number of nitrogens with zero attached hydrogens (tertiary/aromatic N) is 2. The first-order valence-corrected chi connectivity index (χ1v) is 8.73. The summed E-state index contributed by atoms with van der Waals surface area (Å²) in [6, 6.07) is 6.09. The number of hydrogen-bond acceptors (Lipinski definition) is 8. The Balaban J connectivity index is 2.10. The van der Waals surface area contributed by atoms with E-state index in [0.29, 0.717) is 16.0 Å². The molecule has 1 saturated heterocycles. The summed E-state index contributed by atoms with van der Waals surface area (Å²) in [4.78, 5) is 16.6. The normalized spacial score (nSPS) is 22.6. The molecule has 0 aliphatic carbocycles. The van der Waals surface area contributed by atoms with Crippen molar-refractivity contribution in [2.24, 2.45) is 0 Å². The van der Waals surface area contributed by atoms with E-state index in [1.54, 1.807) is 6.07 Å². The van der Waals surface area contributed by atoms with Gasteiger partial charge in [0, 0.05) is 29.3 Å². The van der Waals surface area contributed by atoms with Gasteiger partial charge in [-0.2, -0.15) is 5.26 Å². The quantitative estimate of drug-likeness (QED) is 0.720. The van der Waals surface area contributed by atoms with Crippen molar-refractivity contribution in [2.75, 3.05) is 12.8 Å². The molecule has 8 heteroatoms. The van der Waals surface area contributed by atoms with Gasteiger partial charge in [0.25, 0.3) is 0 Å². The van der Waals surface area contributed by atoms with Gasteiger partial charge in [0.2, 0.25) is 0 Å². The minimum absolute atomic E-state index is 0.118. The zero-order valence-electron chi connectivity index (χ0n) is 14.2. The van der Waals surface area contributed by atoms with Crippen LogP contribution in [0.15, 0.2) is 17.5 Å². The van der Waals surface area contributed by atoms with Gasteiger partial charge in [0.1, 0.15) is 22.3 Å². The third kappa shape index (κ3) is 3.09. The number of anilines is 1. The lowest BCUT2D eigenvalue weighted by molar-refractivity contribution is 0.0606. The molecule has 3 heterocycles. The molecule has 7 nitrogen and oxygen atoms in total. The van der Waals surface area contributed by atoms with Crippen LogP contribution in [0.4, 0.5) is 5.82 Å². The summed E-state index contributed by atoms with van der Waals surface area (Å²) < 4.78 is 4.75. The molecule has 2 atom stereocenters. The molecular weight excluding hydrogens is 338 g/mol. The van der Waals surface area contributed by atoms with Gasteiger partial charge in [-0.3, -0.25) is 10.9 Å². The Morgan fingerprint density at radius 1 is 1.36 bits per heavy atom. The Labute approximate surface area is 149 Å². The Morgan fingerprint density at radius 2 is 2.04 bits per heavy atom. The molecule has 0 saturated carbocycles. The summed E-state index contributed by atoms with van der Waals surface area (Å²) >= 11 is 1.27. The van der Waals surface area contributed by atoms with Crippen LogP contribution in [0, 0.1) is 11.3 Å². The molecule has 0 radical (unpaired) electrons. The number of nitrogens with one attached hydrogen (secondary N) is 2. The molecule has 1 fully saturated rings. The maximum absolute atomic E-state index is 11.7. The molecule has 4 N–H and O–H groups in total. The zero-order chi connectivity index (χ0) is 18.1. The molecule has 2 unspecified atom stereocenters. The summed E-state index contributed by atoms with van der Waals surface area (Å²) in [7, 11) is 1.34. The number of rotatable bonds is 3. The number of esters is 1. The number of pyridine rings is 1. The number of hydrazine groups is 1. The zero-order valence-corrected chi connectivity index (χ0v) is 15.0. The first-order chi connectivity index (χ1) is 12.0. The van der Waals surface area contributed by atoms with E-state index < -0.39 is 5.97 Å². The summed E-state index contributed by atoms with van der Waals surface area (Å²) in [5.74, 6) is -0.0805. The third-order valence-corrected chi connectivity index (χ3v) is 5.34. The lowest BCUT2D eigenvalue weighted by Crippen LogP contribution is -2.30. The van der Waals surface area contributed by atoms with Crippen LogP contribution < -0.4 is 16.6 Å². The van der Waals surface area contributed by atoms with E-state index in [0.717, 1.165) is 11.3 Å². The first kappa shape index (κ1) is 17.4. The van der Waals surface area contributed by atoms with Crippen molar-refractivity contribution in [2.45, 2.75) is 31.8 Å². The van der Waals surface area contributed by atoms with Gasteiger partial charge in [-0.15, -0.1) is 11.3 Å². The molecule has 0 amide bonds. The predicted molar refractivity (Wildman–Crippen MR) is 96.0 cm³/mol. The third-order valence-electron chi connectivity index (χ3n) is 4.43. The van der Waals surface area contributed by atoms with Gasteiger partial charge in [-0.05, 0) is 36.9 Å². The molecule has 3 rings (SSSR count). The number of carbonyl (C=O) groups excluding carboxylic acids is 1. The highest BCUT2D eigenvalue weighted by Gasteiger charge is 2.33. The summed E-state index contributed by atoms with van der Waals surface area (Å²) in [5.41, 5.74) is 15.0. The highest BCUT2D eigenvalue weighted by molar-refractivity contribution is 7.12. The molecule has 1 aliphatic heterocycles. The van der Waals surface area contributed by atoms with Crippen LogP contribution in [0.25, 0.3) is 11.1 Å². The number of methoxy groups -OCH3 is 1. The minimum Gasteiger partial charge on any atom is -0.465 e. The van der Waals surface area contributed by atoms with Gasteiger partial charge in [0.15, 0.2) is 0 Å². The maximum Gasteiger partial charge on any atom is 0.348 e. The molecule has 130 valence electrons. The second-order valence-corrected chi connectivity index (χ2v) is 6.96. The number of nitrogens with two attached hydrogens (primary N) is 1. The van der Waals surface area contributed by atoms with E-state index in [2.05, 4.69) is 35.8 Å². The predicted octanol–water partition coefficient (Wildman–Crippen LogP) is 2.02. The standard InChI is InChI=1S/C17H19N5O2S/c1-8-15(9(2)22-21-8)13-5-11(12(6-18)16(19)20-13)10-4-14(25-7-10)17(23)24-3/h4-5,7-9,15,21-22H,1-3H3,(H2,19,20). The Hall–Kier alpha value is -2.47. The first-order valence-electron chi connectivity index (χ1n) is 7.85. The van der Waals surface area contributed by atoms with E-state index in [1.165, 1.54) is 18.4 Å². The van der Waals surface area contributed by atoms with Crippen LogP contribution in [-0.2, 0) is 4.74 Å². The van der Waals surface area contributed by atoms with Crippen LogP contribution in [-0.4, -0.2) is 30.1 Å². The van der Waals surface area contributed by atoms with Crippen LogP contribution in [0.3, 0.4) is 0 Å². The lowest BCUT2D eigenvalue weighted by Gasteiger charge is -2.19. The van der Waals surface area contributed by atoms with E-state index in [4.69, 9.17) is 10.5 Å². The van der Waals surface area contributed by atoms with E-state index in [-0.39, 0.29) is 23.8 Å². The maximum atomic E-state index is 11.7. The Bertz CT molecular complexity index is 847. The van der Waals surface area contributed by atoms with Crippen molar-refractivity contribution >= 4 is 23.1 Å². The molecule has 2 aromatic heterocycles. The van der Waals surface area contributed by atoms with E-state index in [9.17, 15) is 10.1 Å². The van der Waals surface area contributed by atoms with Gasteiger partial charge >= 0.3 is 5.97 Å². The van der Waals surface area contributed by atoms with Crippen LogP contribution >= 0.6 is 11.3 Å². The van der Waals surface area contributed by atoms with Crippen LogP contribution in [0.5, 0.6) is 0 Å². The number of thiophene rings is 1. The Morgan fingerprint density at radius 3 is 2.64 bits per heavy atom. The number of nitrogen functional groups attached to an aromatic ring is 1. The molecule has 0 spiro atoms. The molecule has 25 heavy (non-hydrogen) atoms. The van der Waals surface area contributed by atoms with E-state index in [1.807, 2.05) is 11.4 Å². The number of aromatic nitrogens is 1. The highest BCUT2D eigenvalue weighted by atomic mass is 32.1. The van der Waals surface area contributed by atoms with Crippen molar-refractivity contribution < 1.29 is 9.53 Å². The fraction of sp³-hybridized carbons (Fsp3) is 0.353. The fourth-order valence-corrected chi connectivity index (χ4v) is 4.00. The number of ether oxygens (including phenoxy) is 1. The average Bonchev–Trinajstić information content (AvgIpc) is 3.20. The van der Waals surface area contributed by atoms with Gasteiger partial charge in [0.05, 0.1) is 7.11 Å². The van der Waals surface area contributed by atoms with Gasteiger partial charge < -0.3 is 10.5 Å². The molecular formula is C17H19N5O2S. The Kier molecular flexibility index (Phi) is 4.72. The van der Waals surface area contributed by atoms with Crippen molar-refractivity contribution in [3.05, 3.63) is 33.6 Å². The monoisotopic (exact) mass is 357 g/mol. The minimum atomic E-state index is -0.400. The summed E-state index contributed by atoms with van der Waals surface area (Å²) in [6.07, 6.45) is 0. The lowest BCUT2D eigenvalue weighted by atomic mass is 9.90. The average molecular weight is 357 g/mol. The second-order valence-electron chi connectivity index (χ2n) is 6.05. The molecule has 2 aromatic rings. The topological polar surface area (TPSA) is 113 Å². The number of carbonyl (C=O) groups is 1. The highest BCUT2D eigenvalue weighted by Crippen LogP contribution is 2.35. The number of nitriles is 1. The van der Waals surface area contributed by atoms with Gasteiger partial charge in [-0.25, -0.2) is 9.78 Å². The summed E-state index contributed by atoms with van der Waals surface area (Å²) in [6.45, 7) is 4.13. The van der Waals surface area contributed by atoms with Crippen molar-refractivity contribution in [3.63, 3.8) is 0 Å². The second kappa shape index (κ2) is 6.80. The summed E-state index contributed by atoms with van der Waals surface area (Å²) in [5, 5.41) is 11.3. The largest absolute Gasteiger partial charge is 0.465 e. The van der Waals surface area contributed by atoms with Crippen LogP contribution in [0.1, 0.15) is 40.7 Å². The van der Waals surface area contributed by atoms with Crippen molar-refractivity contribution in [1.82, 2.24) is 15.8 Å². The van der Waals surface area contributed by atoms with Crippen molar-refractivity contribution in [1.29, 1.82) is 5.26 Å². The van der Waals surface area contributed by atoms with Gasteiger partial charge in [-0.1, -0.05) is 0 Å². The van der Waals surface area contributed by atoms with E-state index >= 15 is 0 Å². The van der Waals surface area contributed by atoms with Crippen LogP contribution in [0.2, 0.25) is 0 Å². The SMILES string of the molecule is COC(=O)c1cc(-c2cc(C3C(C)NNC3C)nc(N)c2C#N)cs1. The smallest absolute Gasteiger partial charge is 0.348 e. The molecule has 0 bridgehead atoms. The van der Waals surface area contributed by atoms with Crippen molar-refractivity contribution in [3.8, 4) is 17.2 Å². The fourth-order valence-electron chi connectivity index (χ4n) is 3.17. The molecule has 0 aromatic carbocycles.